The summed E-state index contributed by atoms with van der Waals surface area (Å²) < 4.78 is 25.3. The van der Waals surface area contributed by atoms with Crippen LogP contribution >= 0.6 is 23.2 Å². The highest BCUT2D eigenvalue weighted by atomic mass is 35.5. The number of aromatic hydroxyl groups is 1. The van der Waals surface area contributed by atoms with Gasteiger partial charge in [-0.2, -0.15) is 0 Å². The summed E-state index contributed by atoms with van der Waals surface area (Å²) >= 11 is 12.0. The smallest absolute Gasteiger partial charge is 0.229 e. The number of benzene rings is 3. The zero-order valence-electron chi connectivity index (χ0n) is 22.0. The van der Waals surface area contributed by atoms with Gasteiger partial charge in [-0.05, 0) is 66.8 Å². The predicted molar refractivity (Wildman–Crippen MR) is 156 cm³/mol. The Hall–Kier alpha value is -2.82. The molecule has 3 aromatic rings. The third-order valence-corrected chi connectivity index (χ3v) is 7.28. The minimum atomic E-state index is -3.58. The van der Waals surface area contributed by atoms with Gasteiger partial charge in [0.1, 0.15) is 5.75 Å². The van der Waals surface area contributed by atoms with E-state index in [-0.39, 0.29) is 30.3 Å². The molecule has 0 unspecified atom stereocenters. The molecule has 1 atom stereocenters. The number of aliphatic hydroxyl groups excluding tert-OH is 1. The second-order valence-electron chi connectivity index (χ2n) is 10.1. The van der Waals surface area contributed by atoms with E-state index >= 15 is 0 Å². The van der Waals surface area contributed by atoms with Gasteiger partial charge in [-0.15, -0.1) is 0 Å². The van der Waals surface area contributed by atoms with Crippen molar-refractivity contribution in [2.45, 2.75) is 44.9 Å². The fourth-order valence-corrected chi connectivity index (χ4v) is 4.94. The Bertz CT molecular complexity index is 1430. The summed E-state index contributed by atoms with van der Waals surface area (Å²) in [7, 11) is -3.58. The Morgan fingerprint density at radius 3 is 2.38 bits per heavy atom. The molecule has 0 aliphatic carbocycles. The summed E-state index contributed by atoms with van der Waals surface area (Å²) in [5.74, 6) is -0.343. The number of phenolic OH excluding ortho intramolecular Hbond substituents is 1. The summed E-state index contributed by atoms with van der Waals surface area (Å²) in [6.45, 7) is 4.56. The molecule has 0 saturated carbocycles. The molecule has 0 spiro atoms. The number of aliphatic hydroxyl groups is 1. The van der Waals surface area contributed by atoms with Crippen LogP contribution in [0, 0.1) is 0 Å². The number of phenols is 1. The lowest BCUT2D eigenvalue weighted by molar-refractivity contribution is -0.120. The molecular weight excluding hydrogens is 561 g/mol. The Morgan fingerprint density at radius 2 is 1.69 bits per heavy atom. The maximum absolute atomic E-state index is 12.5. The van der Waals surface area contributed by atoms with Gasteiger partial charge < -0.3 is 20.8 Å². The molecule has 11 heteroatoms. The SMILES string of the molecule is CC(C)(Cc1cccc(CC(=O)NCc2ccc(Cl)c(Cl)c2)c1)NC[C@H](O)c1ccc(O)c(NS(C)(=O)=O)c1. The van der Waals surface area contributed by atoms with E-state index in [2.05, 4.69) is 15.4 Å². The number of hydrogen-bond acceptors (Lipinski definition) is 6. The van der Waals surface area contributed by atoms with Gasteiger partial charge in [0.05, 0.1) is 34.5 Å². The van der Waals surface area contributed by atoms with Crippen LogP contribution in [-0.4, -0.2) is 42.9 Å². The van der Waals surface area contributed by atoms with E-state index in [1.165, 1.54) is 18.2 Å². The van der Waals surface area contributed by atoms with E-state index in [1.54, 1.807) is 12.1 Å². The number of sulfonamides is 1. The van der Waals surface area contributed by atoms with Gasteiger partial charge in [-0.3, -0.25) is 9.52 Å². The van der Waals surface area contributed by atoms with Crippen LogP contribution in [0.25, 0.3) is 0 Å². The van der Waals surface area contributed by atoms with E-state index in [0.717, 1.165) is 22.9 Å². The van der Waals surface area contributed by atoms with Crippen molar-refractivity contribution in [1.29, 1.82) is 0 Å². The third-order valence-electron chi connectivity index (χ3n) is 5.95. The highest BCUT2D eigenvalue weighted by Gasteiger charge is 2.21. The lowest BCUT2D eigenvalue weighted by atomic mass is 9.93. The fourth-order valence-electron chi connectivity index (χ4n) is 4.05. The molecule has 39 heavy (non-hydrogen) atoms. The summed E-state index contributed by atoms with van der Waals surface area (Å²) in [5, 5.41) is 27.8. The Morgan fingerprint density at radius 1 is 0.974 bits per heavy atom. The molecule has 210 valence electrons. The van der Waals surface area contributed by atoms with Gasteiger partial charge in [0, 0.05) is 18.6 Å². The van der Waals surface area contributed by atoms with Crippen LogP contribution in [0.5, 0.6) is 5.75 Å². The van der Waals surface area contributed by atoms with Crippen molar-refractivity contribution in [2.24, 2.45) is 0 Å². The Balaban J connectivity index is 1.55. The summed E-state index contributed by atoms with van der Waals surface area (Å²) in [6, 6.07) is 17.3. The molecule has 1 amide bonds. The minimum Gasteiger partial charge on any atom is -0.506 e. The summed E-state index contributed by atoms with van der Waals surface area (Å²) in [4.78, 5) is 12.5. The fraction of sp³-hybridized carbons (Fsp3) is 0.321. The van der Waals surface area contributed by atoms with Gasteiger partial charge in [0.2, 0.25) is 15.9 Å². The zero-order valence-corrected chi connectivity index (χ0v) is 24.3. The molecule has 0 aromatic heterocycles. The van der Waals surface area contributed by atoms with Crippen LogP contribution < -0.4 is 15.4 Å². The molecule has 0 fully saturated rings. The maximum atomic E-state index is 12.5. The quantitative estimate of drug-likeness (QED) is 0.196. The Labute approximate surface area is 239 Å². The average molecular weight is 595 g/mol. The van der Waals surface area contributed by atoms with E-state index in [1.807, 2.05) is 44.2 Å². The maximum Gasteiger partial charge on any atom is 0.229 e. The average Bonchev–Trinajstić information content (AvgIpc) is 2.84. The highest BCUT2D eigenvalue weighted by Crippen LogP contribution is 2.28. The molecule has 5 N–H and O–H groups in total. The van der Waals surface area contributed by atoms with Gasteiger partial charge >= 0.3 is 0 Å². The molecule has 3 rings (SSSR count). The van der Waals surface area contributed by atoms with Crippen molar-refractivity contribution < 1.29 is 23.4 Å². The molecule has 0 aliphatic heterocycles. The number of carbonyl (C=O) groups is 1. The first-order chi connectivity index (χ1) is 18.2. The summed E-state index contributed by atoms with van der Waals surface area (Å²) in [5.41, 5.74) is 2.82. The molecule has 8 nitrogen and oxygen atoms in total. The van der Waals surface area contributed by atoms with Crippen LogP contribution in [0.3, 0.4) is 0 Å². The van der Waals surface area contributed by atoms with Crippen LogP contribution in [0.2, 0.25) is 10.0 Å². The number of nitrogens with one attached hydrogen (secondary N) is 3. The van der Waals surface area contributed by atoms with Gasteiger partial charge in [-0.25, -0.2) is 8.42 Å². The number of amides is 1. The molecular formula is C28H33Cl2N3O5S. The van der Waals surface area contributed by atoms with Crippen molar-refractivity contribution >= 4 is 44.8 Å². The molecule has 3 aromatic carbocycles. The van der Waals surface area contributed by atoms with Crippen LogP contribution in [0.15, 0.2) is 60.7 Å². The lowest BCUT2D eigenvalue weighted by Crippen LogP contribution is -2.43. The van der Waals surface area contributed by atoms with E-state index in [9.17, 15) is 23.4 Å². The minimum absolute atomic E-state index is 0.00567. The van der Waals surface area contributed by atoms with Gasteiger partial charge in [0.15, 0.2) is 0 Å². The highest BCUT2D eigenvalue weighted by molar-refractivity contribution is 7.92. The standard InChI is InChI=1S/C28H33Cl2N3O5S/c1-28(2,32-17-26(35)21-8-10-25(34)24(14-21)33-39(3,37)38)15-19-6-4-5-18(11-19)13-27(36)31-16-20-7-9-22(29)23(30)12-20/h4-12,14,26,32-35H,13,15-17H2,1-3H3,(H,31,36)/t26-/m0/s1. The van der Waals surface area contributed by atoms with Crippen molar-refractivity contribution in [3.8, 4) is 5.75 Å². The van der Waals surface area contributed by atoms with Crippen molar-refractivity contribution in [2.75, 3.05) is 17.5 Å². The van der Waals surface area contributed by atoms with E-state index in [0.29, 0.717) is 28.6 Å². The first-order valence-electron chi connectivity index (χ1n) is 12.2. The van der Waals surface area contributed by atoms with Gasteiger partial charge in [-0.1, -0.05) is 59.6 Å². The monoisotopic (exact) mass is 593 g/mol. The number of carbonyl (C=O) groups excluding carboxylic acids is 1. The van der Waals surface area contributed by atoms with Crippen molar-refractivity contribution in [3.05, 3.63) is 93.0 Å². The number of anilines is 1. The largest absolute Gasteiger partial charge is 0.506 e. The second kappa shape index (κ2) is 13.0. The zero-order chi connectivity index (χ0) is 28.8. The first kappa shape index (κ1) is 30.7. The molecule has 0 bridgehead atoms. The molecule has 0 aliphatic rings. The van der Waals surface area contributed by atoms with Gasteiger partial charge in [0.25, 0.3) is 0 Å². The first-order valence-corrected chi connectivity index (χ1v) is 14.9. The molecule has 0 saturated heterocycles. The topological polar surface area (TPSA) is 128 Å². The van der Waals surface area contributed by atoms with Crippen LogP contribution in [0.1, 0.15) is 42.2 Å². The third kappa shape index (κ3) is 10.0. The number of β-amino-alcohol motifs (C(OH)–C–C–N with tert-alkyl or cyclic N) is 1. The number of rotatable bonds is 12. The molecule has 0 heterocycles. The van der Waals surface area contributed by atoms with Crippen molar-refractivity contribution in [3.63, 3.8) is 0 Å². The normalized spacial score (nSPS) is 12.7. The predicted octanol–water partition coefficient (Wildman–Crippen LogP) is 4.57. The number of halogens is 2. The van der Waals surface area contributed by atoms with E-state index in [4.69, 9.17) is 23.2 Å². The van der Waals surface area contributed by atoms with E-state index < -0.39 is 21.7 Å². The number of hydrogen-bond donors (Lipinski definition) is 5. The lowest BCUT2D eigenvalue weighted by Gasteiger charge is -2.28. The van der Waals surface area contributed by atoms with Crippen LogP contribution in [0.4, 0.5) is 5.69 Å². The second-order valence-corrected chi connectivity index (χ2v) is 12.7. The van der Waals surface area contributed by atoms with Crippen LogP contribution in [-0.2, 0) is 34.2 Å². The van der Waals surface area contributed by atoms with Crippen molar-refractivity contribution in [1.82, 2.24) is 10.6 Å². The molecule has 0 radical (unpaired) electrons. The Kier molecular flexibility index (Phi) is 10.3. The summed E-state index contributed by atoms with van der Waals surface area (Å²) in [6.07, 6.45) is 0.913.